The molecule has 0 nitrogen and oxygen atoms in total. The van der Waals surface area contributed by atoms with Crippen LogP contribution in [0.25, 0.3) is 0 Å². The summed E-state index contributed by atoms with van der Waals surface area (Å²) < 4.78 is 0. The standard InChI is InChI=1S/C9H11S/c1-3-8-6-4-5-7-9(8)10-2/h3-7H,1-2H3. The van der Waals surface area contributed by atoms with Gasteiger partial charge in [-0.2, -0.15) is 0 Å². The van der Waals surface area contributed by atoms with Gasteiger partial charge in [-0.15, -0.1) is 11.8 Å². The molecule has 1 heteroatoms. The Bertz CT molecular complexity index is 183. The summed E-state index contributed by atoms with van der Waals surface area (Å²) in [6, 6.07) is 8.40. The highest BCUT2D eigenvalue weighted by Gasteiger charge is 1.94. The van der Waals surface area contributed by atoms with E-state index in [0.717, 1.165) is 0 Å². The van der Waals surface area contributed by atoms with E-state index in [2.05, 4.69) is 43.9 Å². The first-order chi connectivity index (χ1) is 4.88. The third-order valence-electron chi connectivity index (χ3n) is 1.45. The van der Waals surface area contributed by atoms with Gasteiger partial charge in [-0.05, 0) is 24.3 Å². The van der Waals surface area contributed by atoms with Crippen molar-refractivity contribution in [3.8, 4) is 0 Å². The SMILES string of the molecule is C[CH]c1ccccc1SC. The smallest absolute Gasteiger partial charge is 0.0104 e. The minimum Gasteiger partial charge on any atom is -0.129 e. The van der Waals surface area contributed by atoms with Crippen LogP contribution in [-0.4, -0.2) is 6.26 Å². The first kappa shape index (κ1) is 7.67. The Balaban J connectivity index is 2.96. The summed E-state index contributed by atoms with van der Waals surface area (Å²) in [6.45, 7) is 2.06. The van der Waals surface area contributed by atoms with Crippen LogP contribution in [0, 0.1) is 6.42 Å². The lowest BCUT2D eigenvalue weighted by atomic mass is 10.2. The van der Waals surface area contributed by atoms with Gasteiger partial charge in [0.15, 0.2) is 0 Å². The first-order valence-corrected chi connectivity index (χ1v) is 4.53. The molecule has 0 N–H and O–H groups in total. The largest absolute Gasteiger partial charge is 0.129 e. The van der Waals surface area contributed by atoms with E-state index in [9.17, 15) is 0 Å². The normalized spacial score (nSPS) is 9.80. The molecule has 0 amide bonds. The fraction of sp³-hybridized carbons (Fsp3) is 0.222. The quantitative estimate of drug-likeness (QED) is 0.585. The maximum Gasteiger partial charge on any atom is 0.0104 e. The maximum atomic E-state index is 2.14. The predicted octanol–water partition coefficient (Wildman–Crippen LogP) is 2.98. The highest BCUT2D eigenvalue weighted by molar-refractivity contribution is 7.98. The fourth-order valence-electron chi connectivity index (χ4n) is 0.905. The molecule has 1 aromatic rings. The molecule has 0 spiro atoms. The molecule has 0 fully saturated rings. The van der Waals surface area contributed by atoms with Crippen LogP contribution >= 0.6 is 11.8 Å². The molecule has 0 aromatic heterocycles. The van der Waals surface area contributed by atoms with Crippen LogP contribution in [0.1, 0.15) is 12.5 Å². The lowest BCUT2D eigenvalue weighted by molar-refractivity contribution is 1.30. The zero-order valence-corrected chi connectivity index (χ0v) is 7.11. The second-order valence-electron chi connectivity index (χ2n) is 2.03. The maximum absolute atomic E-state index is 2.14. The van der Waals surface area contributed by atoms with Crippen molar-refractivity contribution in [3.05, 3.63) is 36.2 Å². The third-order valence-corrected chi connectivity index (χ3v) is 2.26. The molecule has 1 rings (SSSR count). The second-order valence-corrected chi connectivity index (χ2v) is 2.88. The molecule has 53 valence electrons. The van der Waals surface area contributed by atoms with Crippen LogP contribution in [-0.2, 0) is 0 Å². The van der Waals surface area contributed by atoms with Gasteiger partial charge in [-0.1, -0.05) is 25.1 Å². The summed E-state index contributed by atoms with van der Waals surface area (Å²) in [5.74, 6) is 0. The summed E-state index contributed by atoms with van der Waals surface area (Å²) in [6.07, 6.45) is 4.23. The van der Waals surface area contributed by atoms with Gasteiger partial charge in [0, 0.05) is 4.90 Å². The van der Waals surface area contributed by atoms with Crippen LogP contribution < -0.4 is 0 Å². The molecule has 0 atom stereocenters. The van der Waals surface area contributed by atoms with Crippen LogP contribution in [0.2, 0.25) is 0 Å². The summed E-state index contributed by atoms with van der Waals surface area (Å²) in [5, 5.41) is 0. The van der Waals surface area contributed by atoms with Crippen LogP contribution in [0.4, 0.5) is 0 Å². The third kappa shape index (κ3) is 1.54. The molecule has 1 aromatic carbocycles. The Hall–Kier alpha value is -0.430. The number of thioether (sulfide) groups is 1. The van der Waals surface area contributed by atoms with E-state index in [1.807, 2.05) is 0 Å². The Morgan fingerprint density at radius 3 is 2.50 bits per heavy atom. The topological polar surface area (TPSA) is 0 Å². The van der Waals surface area contributed by atoms with Crippen molar-refractivity contribution in [2.75, 3.05) is 6.26 Å². The van der Waals surface area contributed by atoms with Crippen molar-refractivity contribution in [2.45, 2.75) is 11.8 Å². The predicted molar refractivity (Wildman–Crippen MR) is 47.3 cm³/mol. The van der Waals surface area contributed by atoms with E-state index in [1.54, 1.807) is 11.8 Å². The van der Waals surface area contributed by atoms with Gasteiger partial charge >= 0.3 is 0 Å². The first-order valence-electron chi connectivity index (χ1n) is 3.31. The number of benzene rings is 1. The van der Waals surface area contributed by atoms with Gasteiger partial charge in [-0.25, -0.2) is 0 Å². The zero-order valence-electron chi connectivity index (χ0n) is 6.29. The van der Waals surface area contributed by atoms with Gasteiger partial charge in [-0.3, -0.25) is 0 Å². The molecule has 0 saturated carbocycles. The minimum atomic E-state index is 1.33. The number of rotatable bonds is 2. The molecule has 1 radical (unpaired) electrons. The van der Waals surface area contributed by atoms with Crippen molar-refractivity contribution in [3.63, 3.8) is 0 Å². The number of hydrogen-bond acceptors (Lipinski definition) is 1. The van der Waals surface area contributed by atoms with E-state index >= 15 is 0 Å². The lowest BCUT2D eigenvalue weighted by Crippen LogP contribution is -1.79. The molecule has 0 aliphatic carbocycles. The Morgan fingerprint density at radius 1 is 1.30 bits per heavy atom. The molecule has 0 aliphatic rings. The summed E-state index contributed by atoms with van der Waals surface area (Å²) in [4.78, 5) is 1.35. The van der Waals surface area contributed by atoms with E-state index in [1.165, 1.54) is 10.5 Å². The van der Waals surface area contributed by atoms with Crippen molar-refractivity contribution in [1.82, 2.24) is 0 Å². The monoisotopic (exact) mass is 151 g/mol. The fourth-order valence-corrected chi connectivity index (χ4v) is 1.54. The number of hydrogen-bond donors (Lipinski definition) is 0. The Labute approximate surface area is 66.6 Å². The zero-order chi connectivity index (χ0) is 7.40. The van der Waals surface area contributed by atoms with Gasteiger partial charge in [0.2, 0.25) is 0 Å². The molecule has 0 aliphatic heterocycles. The van der Waals surface area contributed by atoms with E-state index in [-0.39, 0.29) is 0 Å². The lowest BCUT2D eigenvalue weighted by Gasteiger charge is -2.01. The van der Waals surface area contributed by atoms with Gasteiger partial charge < -0.3 is 0 Å². The van der Waals surface area contributed by atoms with Crippen LogP contribution in [0.15, 0.2) is 29.2 Å². The van der Waals surface area contributed by atoms with E-state index < -0.39 is 0 Å². The molecule has 0 heterocycles. The van der Waals surface area contributed by atoms with E-state index in [4.69, 9.17) is 0 Å². The average molecular weight is 151 g/mol. The Kier molecular flexibility index (Phi) is 2.82. The highest BCUT2D eigenvalue weighted by atomic mass is 32.2. The Morgan fingerprint density at radius 2 is 2.00 bits per heavy atom. The average Bonchev–Trinajstić information content (AvgIpc) is 2.04. The summed E-state index contributed by atoms with van der Waals surface area (Å²) >= 11 is 1.79. The second kappa shape index (κ2) is 3.67. The van der Waals surface area contributed by atoms with Crippen molar-refractivity contribution in [1.29, 1.82) is 0 Å². The van der Waals surface area contributed by atoms with Gasteiger partial charge in [0.1, 0.15) is 0 Å². The molecular formula is C9H11S. The molecule has 0 saturated heterocycles. The molecule has 0 unspecified atom stereocenters. The van der Waals surface area contributed by atoms with Crippen molar-refractivity contribution < 1.29 is 0 Å². The van der Waals surface area contributed by atoms with Crippen molar-refractivity contribution >= 4 is 11.8 Å². The molecule has 0 bridgehead atoms. The minimum absolute atomic E-state index is 1.33. The molecular weight excluding hydrogens is 140 g/mol. The van der Waals surface area contributed by atoms with Crippen LogP contribution in [0.5, 0.6) is 0 Å². The summed E-state index contributed by atoms with van der Waals surface area (Å²) in [7, 11) is 0. The van der Waals surface area contributed by atoms with Gasteiger partial charge in [0.05, 0.1) is 0 Å². The van der Waals surface area contributed by atoms with Crippen LogP contribution in [0.3, 0.4) is 0 Å². The van der Waals surface area contributed by atoms with Crippen molar-refractivity contribution in [2.24, 2.45) is 0 Å². The summed E-state index contributed by atoms with van der Waals surface area (Å²) in [5.41, 5.74) is 1.33. The van der Waals surface area contributed by atoms with E-state index in [0.29, 0.717) is 0 Å². The molecule has 10 heavy (non-hydrogen) atoms. The highest BCUT2D eigenvalue weighted by Crippen LogP contribution is 2.20. The van der Waals surface area contributed by atoms with Gasteiger partial charge in [0.25, 0.3) is 0 Å².